The summed E-state index contributed by atoms with van der Waals surface area (Å²) in [5.74, 6) is 2.05. The summed E-state index contributed by atoms with van der Waals surface area (Å²) < 4.78 is 5.74. The molecule has 0 fully saturated rings. The lowest BCUT2D eigenvalue weighted by atomic mass is 9.88. The third-order valence-corrected chi connectivity index (χ3v) is 5.55. The van der Waals surface area contributed by atoms with E-state index in [9.17, 15) is 5.11 Å². The molecule has 0 amide bonds. The molecule has 2 aliphatic rings. The molecule has 2 aromatic carbocycles. The maximum atomic E-state index is 10.4. The van der Waals surface area contributed by atoms with Crippen LogP contribution in [-0.4, -0.2) is 24.7 Å². The lowest BCUT2D eigenvalue weighted by molar-refractivity contribution is 0.261. The predicted molar refractivity (Wildman–Crippen MR) is 123 cm³/mol. The van der Waals surface area contributed by atoms with Crippen LogP contribution in [0.5, 0.6) is 11.5 Å². The first-order valence-corrected chi connectivity index (χ1v) is 9.78. The van der Waals surface area contributed by atoms with Crippen molar-refractivity contribution in [1.82, 2.24) is 10.6 Å². The maximum Gasteiger partial charge on any atom is 0.191 e. The number of aryl methyl sites for hydroxylation is 1. The van der Waals surface area contributed by atoms with Gasteiger partial charge >= 0.3 is 0 Å². The van der Waals surface area contributed by atoms with Crippen LogP contribution >= 0.6 is 24.0 Å². The first kappa shape index (κ1) is 20.8. The summed E-state index contributed by atoms with van der Waals surface area (Å²) in [4.78, 5) is 4.38. The van der Waals surface area contributed by atoms with Crippen molar-refractivity contribution in [2.24, 2.45) is 4.99 Å². The Morgan fingerprint density at radius 3 is 2.86 bits per heavy atom. The van der Waals surface area contributed by atoms with Gasteiger partial charge in [0.25, 0.3) is 0 Å². The number of phenols is 1. The molecule has 1 atom stereocenters. The highest BCUT2D eigenvalue weighted by Gasteiger charge is 2.22. The topological polar surface area (TPSA) is 65.9 Å². The summed E-state index contributed by atoms with van der Waals surface area (Å²) in [5, 5.41) is 17.3. The Kier molecular flexibility index (Phi) is 7.04. The number of hydrogen-bond donors (Lipinski definition) is 3. The summed E-state index contributed by atoms with van der Waals surface area (Å²) in [6.07, 6.45) is 5.46. The number of benzene rings is 2. The van der Waals surface area contributed by atoms with Gasteiger partial charge < -0.3 is 20.5 Å². The van der Waals surface area contributed by atoms with E-state index in [4.69, 9.17) is 4.74 Å². The highest BCUT2D eigenvalue weighted by Crippen LogP contribution is 2.32. The van der Waals surface area contributed by atoms with Crippen molar-refractivity contribution in [1.29, 1.82) is 0 Å². The Hall–Kier alpha value is -1.96. The molecule has 0 spiro atoms. The number of aromatic hydroxyl groups is 1. The van der Waals surface area contributed by atoms with Crippen LogP contribution in [0.25, 0.3) is 0 Å². The highest BCUT2D eigenvalue weighted by molar-refractivity contribution is 14.0. The molecule has 1 aliphatic heterocycles. The van der Waals surface area contributed by atoms with Crippen LogP contribution in [0, 0.1) is 0 Å². The second-order valence-corrected chi connectivity index (χ2v) is 7.21. The number of guanidine groups is 1. The smallest absolute Gasteiger partial charge is 0.191 e. The van der Waals surface area contributed by atoms with Gasteiger partial charge in [-0.15, -0.1) is 24.0 Å². The standard InChI is InChI=1S/C22H27N3O2.HI/c1-23-22(25-19-12-13-27-21-9-5-4-8-17(19)21)24-14-18-16-7-3-2-6-15(16)10-11-20(18)26;/h4-5,8-11,19,26H,2-3,6-7,12-14H2,1H3,(H2,23,24,25);1H. The monoisotopic (exact) mass is 493 g/mol. The van der Waals surface area contributed by atoms with Gasteiger partial charge in [0.05, 0.1) is 12.6 Å². The van der Waals surface area contributed by atoms with E-state index in [2.05, 4.69) is 27.8 Å². The third-order valence-electron chi connectivity index (χ3n) is 5.55. The number of rotatable bonds is 3. The fourth-order valence-electron chi connectivity index (χ4n) is 4.11. The fraction of sp³-hybridized carbons (Fsp3) is 0.409. The Morgan fingerprint density at radius 1 is 1.18 bits per heavy atom. The van der Waals surface area contributed by atoms with E-state index < -0.39 is 0 Å². The predicted octanol–water partition coefficient (Wildman–Crippen LogP) is 4.08. The van der Waals surface area contributed by atoms with E-state index >= 15 is 0 Å². The zero-order chi connectivity index (χ0) is 18.6. The summed E-state index contributed by atoms with van der Waals surface area (Å²) >= 11 is 0. The molecule has 0 saturated heterocycles. The number of aliphatic imine (C=N–C) groups is 1. The van der Waals surface area contributed by atoms with Gasteiger partial charge in [0.2, 0.25) is 0 Å². The van der Waals surface area contributed by atoms with E-state index in [0.717, 1.165) is 42.1 Å². The van der Waals surface area contributed by atoms with Crippen LogP contribution in [0.4, 0.5) is 0 Å². The molecule has 150 valence electrons. The zero-order valence-electron chi connectivity index (χ0n) is 16.2. The number of ether oxygens (including phenoxy) is 1. The van der Waals surface area contributed by atoms with Crippen LogP contribution in [-0.2, 0) is 19.4 Å². The summed E-state index contributed by atoms with van der Waals surface area (Å²) in [6.45, 7) is 1.26. The molecule has 2 aromatic rings. The van der Waals surface area contributed by atoms with Crippen molar-refractivity contribution >= 4 is 29.9 Å². The Labute approximate surface area is 183 Å². The van der Waals surface area contributed by atoms with Crippen LogP contribution in [0.3, 0.4) is 0 Å². The Balaban J connectivity index is 0.00000225. The summed E-state index contributed by atoms with van der Waals surface area (Å²) in [6, 6.07) is 12.2. The normalized spacial score (nSPS) is 18.2. The zero-order valence-corrected chi connectivity index (χ0v) is 18.5. The molecule has 1 aliphatic carbocycles. The molecule has 5 nitrogen and oxygen atoms in total. The molecule has 0 aromatic heterocycles. The minimum absolute atomic E-state index is 0. The molecule has 1 heterocycles. The molecular formula is C22H28IN3O2. The molecule has 3 N–H and O–H groups in total. The average molecular weight is 493 g/mol. The Morgan fingerprint density at radius 2 is 2.00 bits per heavy atom. The van der Waals surface area contributed by atoms with Gasteiger partial charge in [0.15, 0.2) is 5.96 Å². The molecule has 4 rings (SSSR count). The van der Waals surface area contributed by atoms with Crippen LogP contribution in [0.15, 0.2) is 41.4 Å². The minimum atomic E-state index is 0. The van der Waals surface area contributed by atoms with Crippen molar-refractivity contribution in [2.75, 3.05) is 13.7 Å². The van der Waals surface area contributed by atoms with Gasteiger partial charge in [-0.05, 0) is 48.9 Å². The van der Waals surface area contributed by atoms with Gasteiger partial charge in [0.1, 0.15) is 11.5 Å². The van der Waals surface area contributed by atoms with Crippen molar-refractivity contribution in [3.63, 3.8) is 0 Å². The second kappa shape index (κ2) is 9.49. The van der Waals surface area contributed by atoms with Crippen LogP contribution in [0.1, 0.15) is 47.6 Å². The van der Waals surface area contributed by atoms with E-state index in [1.807, 2.05) is 24.3 Å². The first-order chi connectivity index (χ1) is 13.3. The second-order valence-electron chi connectivity index (χ2n) is 7.21. The van der Waals surface area contributed by atoms with Crippen molar-refractivity contribution in [3.05, 3.63) is 58.7 Å². The molecule has 28 heavy (non-hydrogen) atoms. The lowest BCUT2D eigenvalue weighted by Crippen LogP contribution is -2.40. The van der Waals surface area contributed by atoms with Gasteiger partial charge in [-0.3, -0.25) is 4.99 Å². The minimum Gasteiger partial charge on any atom is -0.508 e. The molecular weight excluding hydrogens is 465 g/mol. The Bertz CT molecular complexity index is 854. The van der Waals surface area contributed by atoms with E-state index in [1.54, 1.807) is 7.05 Å². The summed E-state index contributed by atoms with van der Waals surface area (Å²) in [7, 11) is 1.78. The van der Waals surface area contributed by atoms with Gasteiger partial charge in [-0.1, -0.05) is 24.3 Å². The third kappa shape index (κ3) is 4.37. The number of fused-ring (bicyclic) bond motifs is 2. The van der Waals surface area contributed by atoms with Crippen molar-refractivity contribution in [3.8, 4) is 11.5 Å². The molecule has 0 saturated carbocycles. The number of nitrogens with one attached hydrogen (secondary N) is 2. The van der Waals surface area contributed by atoms with E-state index in [-0.39, 0.29) is 30.0 Å². The SMILES string of the molecule is CN=C(NCc1c(O)ccc2c1CCCC2)NC1CCOc2ccccc21.I. The molecule has 0 radical (unpaired) electrons. The van der Waals surface area contributed by atoms with Crippen LogP contribution in [0.2, 0.25) is 0 Å². The molecule has 6 heteroatoms. The number of phenolic OH excluding ortho intramolecular Hbond substituents is 1. The number of para-hydroxylation sites is 1. The number of nitrogens with zero attached hydrogens (tertiary/aromatic N) is 1. The number of hydrogen-bond acceptors (Lipinski definition) is 3. The average Bonchev–Trinajstić information content (AvgIpc) is 2.72. The van der Waals surface area contributed by atoms with Crippen LogP contribution < -0.4 is 15.4 Å². The quantitative estimate of drug-likeness (QED) is 0.343. The maximum absolute atomic E-state index is 10.4. The highest BCUT2D eigenvalue weighted by atomic mass is 127. The lowest BCUT2D eigenvalue weighted by Gasteiger charge is -2.28. The first-order valence-electron chi connectivity index (χ1n) is 9.78. The van der Waals surface area contributed by atoms with E-state index in [0.29, 0.717) is 18.9 Å². The largest absolute Gasteiger partial charge is 0.508 e. The summed E-state index contributed by atoms with van der Waals surface area (Å²) in [5.41, 5.74) is 4.84. The van der Waals surface area contributed by atoms with Gasteiger partial charge in [-0.2, -0.15) is 0 Å². The fourth-order valence-corrected chi connectivity index (χ4v) is 4.11. The molecule has 0 bridgehead atoms. The number of halogens is 1. The van der Waals surface area contributed by atoms with Gasteiger partial charge in [0, 0.05) is 31.1 Å². The van der Waals surface area contributed by atoms with Crippen molar-refractivity contribution in [2.45, 2.75) is 44.7 Å². The van der Waals surface area contributed by atoms with Crippen molar-refractivity contribution < 1.29 is 9.84 Å². The molecule has 1 unspecified atom stereocenters. The van der Waals surface area contributed by atoms with Gasteiger partial charge in [-0.25, -0.2) is 0 Å². The van der Waals surface area contributed by atoms with E-state index in [1.165, 1.54) is 24.0 Å².